The van der Waals surface area contributed by atoms with Gasteiger partial charge >= 0.3 is 0 Å². The number of rotatable bonds is 6. The zero-order valence-electron chi connectivity index (χ0n) is 8.86. The zero-order chi connectivity index (χ0) is 12.0. The topological polar surface area (TPSA) is 111 Å². The lowest BCUT2D eigenvalue weighted by Crippen LogP contribution is -2.25. The molecule has 0 aliphatic heterocycles. The standard InChI is InChI=1S/C10H15N3O3/c11-6-7-3-4-8(16-7)10(15)13-5-1-2-9(12)14/h3-4H,1-2,5-6,11H2,(H2,12,14)(H,13,15). The van der Waals surface area contributed by atoms with E-state index in [-0.39, 0.29) is 30.5 Å². The molecular weight excluding hydrogens is 210 g/mol. The lowest BCUT2D eigenvalue weighted by atomic mass is 10.3. The molecule has 1 heterocycles. The second-order valence-corrected chi connectivity index (χ2v) is 3.30. The Morgan fingerprint density at radius 2 is 2.12 bits per heavy atom. The number of carbonyl (C=O) groups is 2. The first kappa shape index (κ1) is 12.3. The molecule has 1 aromatic rings. The van der Waals surface area contributed by atoms with E-state index in [1.165, 1.54) is 0 Å². The van der Waals surface area contributed by atoms with Crippen LogP contribution >= 0.6 is 0 Å². The first-order valence-electron chi connectivity index (χ1n) is 4.98. The first-order chi connectivity index (χ1) is 7.63. The highest BCUT2D eigenvalue weighted by atomic mass is 16.4. The number of nitrogens with two attached hydrogens (primary N) is 2. The van der Waals surface area contributed by atoms with Gasteiger partial charge in [0.2, 0.25) is 5.91 Å². The van der Waals surface area contributed by atoms with Crippen LogP contribution in [0.3, 0.4) is 0 Å². The molecule has 6 heteroatoms. The van der Waals surface area contributed by atoms with Crippen molar-refractivity contribution < 1.29 is 14.0 Å². The predicted octanol–water partition coefficient (Wildman–Crippen LogP) is -0.266. The van der Waals surface area contributed by atoms with Gasteiger partial charge in [-0.1, -0.05) is 0 Å². The van der Waals surface area contributed by atoms with Crippen molar-refractivity contribution in [2.75, 3.05) is 6.54 Å². The highest BCUT2D eigenvalue weighted by Crippen LogP contribution is 2.06. The van der Waals surface area contributed by atoms with Crippen LogP contribution in [0.4, 0.5) is 0 Å². The van der Waals surface area contributed by atoms with Crippen LogP contribution in [-0.4, -0.2) is 18.4 Å². The molecule has 88 valence electrons. The normalized spacial score (nSPS) is 10.1. The molecule has 16 heavy (non-hydrogen) atoms. The van der Waals surface area contributed by atoms with E-state index >= 15 is 0 Å². The fraction of sp³-hybridized carbons (Fsp3) is 0.400. The van der Waals surface area contributed by atoms with Crippen molar-refractivity contribution in [3.8, 4) is 0 Å². The second-order valence-electron chi connectivity index (χ2n) is 3.30. The number of hydrogen-bond donors (Lipinski definition) is 3. The minimum Gasteiger partial charge on any atom is -0.455 e. The van der Waals surface area contributed by atoms with Crippen LogP contribution in [0.25, 0.3) is 0 Å². The van der Waals surface area contributed by atoms with Gasteiger partial charge in [-0.2, -0.15) is 0 Å². The van der Waals surface area contributed by atoms with Gasteiger partial charge in [0.1, 0.15) is 5.76 Å². The SMILES string of the molecule is NCc1ccc(C(=O)NCCCC(N)=O)o1. The Morgan fingerprint density at radius 1 is 1.38 bits per heavy atom. The summed E-state index contributed by atoms with van der Waals surface area (Å²) in [7, 11) is 0. The third-order valence-electron chi connectivity index (χ3n) is 1.97. The third-order valence-corrected chi connectivity index (χ3v) is 1.97. The van der Waals surface area contributed by atoms with Gasteiger partial charge in [-0.25, -0.2) is 0 Å². The van der Waals surface area contributed by atoms with E-state index in [0.29, 0.717) is 18.7 Å². The maximum absolute atomic E-state index is 11.5. The highest BCUT2D eigenvalue weighted by molar-refractivity contribution is 5.91. The van der Waals surface area contributed by atoms with Crippen molar-refractivity contribution in [3.05, 3.63) is 23.7 Å². The minimum absolute atomic E-state index is 0.222. The summed E-state index contributed by atoms with van der Waals surface area (Å²) in [4.78, 5) is 21.9. The molecule has 0 bridgehead atoms. The number of nitrogens with one attached hydrogen (secondary N) is 1. The molecule has 1 rings (SSSR count). The van der Waals surface area contributed by atoms with Crippen LogP contribution in [0.5, 0.6) is 0 Å². The lowest BCUT2D eigenvalue weighted by Gasteiger charge is -2.01. The van der Waals surface area contributed by atoms with Crippen molar-refractivity contribution in [2.24, 2.45) is 11.5 Å². The van der Waals surface area contributed by atoms with Crippen molar-refractivity contribution >= 4 is 11.8 Å². The van der Waals surface area contributed by atoms with E-state index in [2.05, 4.69) is 5.32 Å². The molecule has 1 aromatic heterocycles. The molecule has 0 fully saturated rings. The molecule has 0 aromatic carbocycles. The van der Waals surface area contributed by atoms with Crippen molar-refractivity contribution in [2.45, 2.75) is 19.4 Å². The molecule has 0 radical (unpaired) electrons. The van der Waals surface area contributed by atoms with E-state index in [9.17, 15) is 9.59 Å². The van der Waals surface area contributed by atoms with Crippen LogP contribution in [0, 0.1) is 0 Å². The first-order valence-corrected chi connectivity index (χ1v) is 4.98. The molecule has 0 unspecified atom stereocenters. The maximum Gasteiger partial charge on any atom is 0.286 e. The molecular formula is C10H15N3O3. The van der Waals surface area contributed by atoms with Gasteiger partial charge in [0.05, 0.1) is 6.54 Å². The molecule has 0 spiro atoms. The van der Waals surface area contributed by atoms with E-state index in [0.717, 1.165) is 0 Å². The van der Waals surface area contributed by atoms with Crippen molar-refractivity contribution in [1.29, 1.82) is 0 Å². The average Bonchev–Trinajstić information content (AvgIpc) is 2.72. The van der Waals surface area contributed by atoms with Gasteiger partial charge in [0, 0.05) is 13.0 Å². The van der Waals surface area contributed by atoms with E-state index < -0.39 is 0 Å². The van der Waals surface area contributed by atoms with Crippen LogP contribution in [0.15, 0.2) is 16.5 Å². The van der Waals surface area contributed by atoms with Gasteiger partial charge in [-0.05, 0) is 18.6 Å². The molecule has 0 saturated carbocycles. The summed E-state index contributed by atoms with van der Waals surface area (Å²) < 4.78 is 5.14. The second kappa shape index (κ2) is 5.92. The van der Waals surface area contributed by atoms with Gasteiger partial charge in [-0.3, -0.25) is 9.59 Å². The number of amides is 2. The summed E-state index contributed by atoms with van der Waals surface area (Å²) >= 11 is 0. The molecule has 0 aliphatic rings. The molecule has 2 amide bonds. The van der Waals surface area contributed by atoms with E-state index in [4.69, 9.17) is 15.9 Å². The van der Waals surface area contributed by atoms with Crippen LogP contribution in [0.2, 0.25) is 0 Å². The fourth-order valence-electron chi connectivity index (χ4n) is 1.16. The summed E-state index contributed by atoms with van der Waals surface area (Å²) in [6, 6.07) is 3.21. The van der Waals surface area contributed by atoms with Crippen molar-refractivity contribution in [3.63, 3.8) is 0 Å². The Balaban J connectivity index is 2.32. The number of carbonyl (C=O) groups excluding carboxylic acids is 2. The summed E-state index contributed by atoms with van der Waals surface area (Å²) in [6.07, 6.45) is 0.776. The Hall–Kier alpha value is -1.82. The molecule has 0 saturated heterocycles. The molecule has 0 atom stereocenters. The summed E-state index contributed by atoms with van der Waals surface area (Å²) in [5.41, 5.74) is 10.3. The number of primary amides is 1. The summed E-state index contributed by atoms with van der Waals surface area (Å²) in [5, 5.41) is 2.61. The van der Waals surface area contributed by atoms with E-state index in [1.54, 1.807) is 12.1 Å². The smallest absolute Gasteiger partial charge is 0.286 e. The monoisotopic (exact) mass is 225 g/mol. The van der Waals surface area contributed by atoms with Crippen LogP contribution in [0.1, 0.15) is 29.2 Å². The van der Waals surface area contributed by atoms with Crippen molar-refractivity contribution in [1.82, 2.24) is 5.32 Å². The Morgan fingerprint density at radius 3 is 2.69 bits per heavy atom. The third kappa shape index (κ3) is 3.74. The lowest BCUT2D eigenvalue weighted by molar-refractivity contribution is -0.118. The summed E-state index contributed by atoms with van der Waals surface area (Å²) in [6.45, 7) is 0.648. The number of hydrogen-bond acceptors (Lipinski definition) is 4. The zero-order valence-corrected chi connectivity index (χ0v) is 8.86. The largest absolute Gasteiger partial charge is 0.455 e. The average molecular weight is 225 g/mol. The Bertz CT molecular complexity index is 373. The fourth-order valence-corrected chi connectivity index (χ4v) is 1.16. The van der Waals surface area contributed by atoms with Gasteiger partial charge < -0.3 is 21.2 Å². The van der Waals surface area contributed by atoms with Crippen LogP contribution < -0.4 is 16.8 Å². The highest BCUT2D eigenvalue weighted by Gasteiger charge is 2.09. The molecule has 5 N–H and O–H groups in total. The van der Waals surface area contributed by atoms with E-state index in [1.807, 2.05) is 0 Å². The summed E-state index contributed by atoms with van der Waals surface area (Å²) in [5.74, 6) is 0.0867. The Labute approximate surface area is 93.0 Å². The quantitative estimate of drug-likeness (QED) is 0.579. The van der Waals surface area contributed by atoms with Gasteiger partial charge in [-0.15, -0.1) is 0 Å². The Kier molecular flexibility index (Phi) is 4.53. The van der Waals surface area contributed by atoms with Gasteiger partial charge in [0.25, 0.3) is 5.91 Å². The van der Waals surface area contributed by atoms with Crippen LogP contribution in [-0.2, 0) is 11.3 Å². The maximum atomic E-state index is 11.5. The van der Waals surface area contributed by atoms with Gasteiger partial charge in [0.15, 0.2) is 5.76 Å². The number of furan rings is 1. The predicted molar refractivity (Wildman–Crippen MR) is 57.4 cm³/mol. The molecule has 6 nitrogen and oxygen atoms in total. The minimum atomic E-state index is -0.377. The molecule has 0 aliphatic carbocycles.